The van der Waals surface area contributed by atoms with Crippen molar-refractivity contribution in [2.24, 2.45) is 0 Å². The van der Waals surface area contributed by atoms with E-state index in [9.17, 15) is 9.59 Å². The van der Waals surface area contributed by atoms with Crippen molar-refractivity contribution in [2.75, 3.05) is 20.3 Å². The third-order valence-corrected chi connectivity index (χ3v) is 6.96. The largest absolute Gasteiger partial charge is 0.497 e. The fraction of sp³-hybridized carbons (Fsp3) is 0.355. The summed E-state index contributed by atoms with van der Waals surface area (Å²) in [5.74, 6) is 0.833. The number of rotatable bonds is 14. The van der Waals surface area contributed by atoms with Gasteiger partial charge in [0, 0.05) is 19.5 Å². The highest BCUT2D eigenvalue weighted by Crippen LogP contribution is 2.27. The molecular weight excluding hydrogens is 544 g/mol. The number of unbranched alkanes of at least 4 members (excludes halogenated alkanes) is 1. The van der Waals surface area contributed by atoms with Crippen LogP contribution in [0.1, 0.15) is 43.4 Å². The fourth-order valence-electron chi connectivity index (χ4n) is 4.13. The molecule has 0 aliphatic carbocycles. The van der Waals surface area contributed by atoms with Gasteiger partial charge < -0.3 is 19.7 Å². The average molecular weight is 582 g/mol. The van der Waals surface area contributed by atoms with Gasteiger partial charge in [0.25, 0.3) is 5.91 Å². The van der Waals surface area contributed by atoms with Crippen molar-refractivity contribution in [3.05, 3.63) is 94.0 Å². The second kappa shape index (κ2) is 15.2. The molecule has 3 aromatic carbocycles. The van der Waals surface area contributed by atoms with Gasteiger partial charge in [0.2, 0.25) is 5.91 Å². The van der Waals surface area contributed by atoms with E-state index in [0.717, 1.165) is 34.9 Å². The molecule has 1 atom stereocenters. The topological polar surface area (TPSA) is 67.9 Å². The zero-order valence-electron chi connectivity index (χ0n) is 22.4. The lowest BCUT2D eigenvalue weighted by molar-refractivity contribution is -0.142. The van der Waals surface area contributed by atoms with Gasteiger partial charge in [0.15, 0.2) is 6.61 Å². The molecular formula is C31H37BrN2O4. The second-order valence-electron chi connectivity index (χ2n) is 9.13. The summed E-state index contributed by atoms with van der Waals surface area (Å²) in [6.07, 6.45) is 3.14. The molecule has 0 heterocycles. The molecule has 2 amide bonds. The van der Waals surface area contributed by atoms with Crippen LogP contribution in [-0.2, 0) is 29.0 Å². The molecule has 7 heteroatoms. The Morgan fingerprint density at radius 2 is 1.71 bits per heavy atom. The van der Waals surface area contributed by atoms with Gasteiger partial charge in [-0.2, -0.15) is 0 Å². The number of hydrogen-bond acceptors (Lipinski definition) is 4. The van der Waals surface area contributed by atoms with Crippen molar-refractivity contribution in [1.82, 2.24) is 10.2 Å². The maximum Gasteiger partial charge on any atom is 0.261 e. The predicted molar refractivity (Wildman–Crippen MR) is 154 cm³/mol. The molecule has 1 unspecified atom stereocenters. The Balaban J connectivity index is 1.90. The minimum atomic E-state index is -0.706. The van der Waals surface area contributed by atoms with Gasteiger partial charge in [-0.15, -0.1) is 0 Å². The van der Waals surface area contributed by atoms with Crippen LogP contribution in [0, 0.1) is 0 Å². The number of carbonyl (C=O) groups is 2. The number of ether oxygens (including phenoxy) is 2. The van der Waals surface area contributed by atoms with Crippen LogP contribution >= 0.6 is 15.9 Å². The molecule has 0 aliphatic rings. The minimum absolute atomic E-state index is 0.174. The van der Waals surface area contributed by atoms with E-state index in [1.165, 1.54) is 5.56 Å². The van der Waals surface area contributed by atoms with Gasteiger partial charge >= 0.3 is 0 Å². The maximum absolute atomic E-state index is 13.8. The van der Waals surface area contributed by atoms with Crippen molar-refractivity contribution < 1.29 is 19.1 Å². The van der Waals surface area contributed by atoms with Gasteiger partial charge in [0.1, 0.15) is 17.5 Å². The Hall–Kier alpha value is -3.32. The lowest BCUT2D eigenvalue weighted by atomic mass is 10.0. The summed E-state index contributed by atoms with van der Waals surface area (Å²) in [5, 5.41) is 3.04. The van der Waals surface area contributed by atoms with Crippen LogP contribution in [0.2, 0.25) is 0 Å². The summed E-state index contributed by atoms with van der Waals surface area (Å²) in [5.41, 5.74) is 3.01. The molecule has 3 rings (SSSR count). The highest BCUT2D eigenvalue weighted by molar-refractivity contribution is 9.10. The van der Waals surface area contributed by atoms with Crippen molar-refractivity contribution in [3.63, 3.8) is 0 Å². The van der Waals surface area contributed by atoms with E-state index in [4.69, 9.17) is 9.47 Å². The number of benzene rings is 3. The fourth-order valence-corrected chi connectivity index (χ4v) is 4.67. The number of hydrogen-bond donors (Lipinski definition) is 1. The maximum atomic E-state index is 13.8. The van der Waals surface area contributed by atoms with Gasteiger partial charge in [-0.05, 0) is 69.7 Å². The Morgan fingerprint density at radius 3 is 2.39 bits per heavy atom. The van der Waals surface area contributed by atoms with Crippen molar-refractivity contribution in [3.8, 4) is 11.5 Å². The first-order chi connectivity index (χ1) is 18.4. The number of halogens is 1. The van der Waals surface area contributed by atoms with E-state index in [0.29, 0.717) is 24.5 Å². The van der Waals surface area contributed by atoms with Crippen LogP contribution in [0.5, 0.6) is 11.5 Å². The molecule has 38 heavy (non-hydrogen) atoms. The molecule has 0 saturated heterocycles. The highest BCUT2D eigenvalue weighted by atomic mass is 79.9. The molecule has 6 nitrogen and oxygen atoms in total. The van der Waals surface area contributed by atoms with Crippen LogP contribution in [0.15, 0.2) is 77.3 Å². The Kier molecular flexibility index (Phi) is 11.7. The van der Waals surface area contributed by atoms with Crippen LogP contribution < -0.4 is 14.8 Å². The smallest absolute Gasteiger partial charge is 0.261 e. The van der Waals surface area contributed by atoms with Crippen molar-refractivity contribution in [2.45, 2.75) is 52.1 Å². The van der Waals surface area contributed by atoms with Crippen molar-refractivity contribution in [1.29, 1.82) is 0 Å². The van der Waals surface area contributed by atoms with Crippen LogP contribution in [0.25, 0.3) is 0 Å². The number of aryl methyl sites for hydroxylation is 1. The quantitative estimate of drug-likeness (QED) is 0.239. The van der Waals surface area contributed by atoms with E-state index >= 15 is 0 Å². The summed E-state index contributed by atoms with van der Waals surface area (Å²) in [4.78, 5) is 28.9. The molecule has 0 fully saturated rings. The van der Waals surface area contributed by atoms with E-state index in [1.54, 1.807) is 12.0 Å². The van der Waals surface area contributed by atoms with Crippen LogP contribution in [-0.4, -0.2) is 43.0 Å². The third-order valence-electron chi connectivity index (χ3n) is 6.34. The number of amides is 2. The number of nitrogens with one attached hydrogen (secondary N) is 1. The summed E-state index contributed by atoms with van der Waals surface area (Å²) >= 11 is 3.55. The Bertz CT molecular complexity index is 1190. The summed E-state index contributed by atoms with van der Waals surface area (Å²) in [6.45, 7) is 4.78. The number of carbonyl (C=O) groups excluding carboxylic acids is 2. The van der Waals surface area contributed by atoms with Gasteiger partial charge in [-0.1, -0.05) is 68.8 Å². The molecule has 1 N–H and O–H groups in total. The van der Waals surface area contributed by atoms with E-state index < -0.39 is 6.04 Å². The first-order valence-electron chi connectivity index (χ1n) is 13.1. The SMILES string of the molecule is CCCCNC(=O)C(Cc1ccccc1)N(Cc1cccc(OC)c1)C(=O)COc1ccc(CC)cc1Br. The first kappa shape index (κ1) is 29.2. The molecule has 202 valence electrons. The summed E-state index contributed by atoms with van der Waals surface area (Å²) in [7, 11) is 1.61. The lowest BCUT2D eigenvalue weighted by Crippen LogP contribution is -2.51. The standard InChI is InChI=1S/C31H37BrN2O4/c1-4-6-17-33-31(36)28(20-24-11-8-7-9-12-24)34(21-25-13-10-14-26(18-25)37-3)30(35)22-38-29-16-15-23(5-2)19-27(29)32/h7-16,18-19,28H,4-6,17,20-22H2,1-3H3,(H,33,36). The van der Waals surface area contributed by atoms with Gasteiger partial charge in [-0.25, -0.2) is 0 Å². The average Bonchev–Trinajstić information content (AvgIpc) is 2.94. The van der Waals surface area contributed by atoms with E-state index in [2.05, 4.69) is 35.1 Å². The predicted octanol–water partition coefficient (Wildman–Crippen LogP) is 5.96. The summed E-state index contributed by atoms with van der Waals surface area (Å²) in [6, 6.07) is 22.5. The van der Waals surface area contributed by atoms with Gasteiger partial charge in [0.05, 0.1) is 11.6 Å². The van der Waals surface area contributed by atoms with Crippen LogP contribution in [0.4, 0.5) is 0 Å². The molecule has 0 aliphatic heterocycles. The lowest BCUT2D eigenvalue weighted by Gasteiger charge is -2.31. The third kappa shape index (κ3) is 8.62. The zero-order chi connectivity index (χ0) is 27.3. The second-order valence-corrected chi connectivity index (χ2v) is 9.98. The molecule has 0 aromatic heterocycles. The molecule has 0 radical (unpaired) electrons. The molecule has 0 saturated carbocycles. The molecule has 0 spiro atoms. The number of methoxy groups -OCH3 is 1. The molecule has 3 aromatic rings. The van der Waals surface area contributed by atoms with Crippen LogP contribution in [0.3, 0.4) is 0 Å². The summed E-state index contributed by atoms with van der Waals surface area (Å²) < 4.78 is 12.1. The normalized spacial score (nSPS) is 11.5. The number of nitrogens with zero attached hydrogens (tertiary/aromatic N) is 1. The van der Waals surface area contributed by atoms with Gasteiger partial charge in [-0.3, -0.25) is 9.59 Å². The first-order valence-corrected chi connectivity index (χ1v) is 13.9. The Labute approximate surface area is 234 Å². The highest BCUT2D eigenvalue weighted by Gasteiger charge is 2.30. The zero-order valence-corrected chi connectivity index (χ0v) is 24.0. The van der Waals surface area contributed by atoms with E-state index in [-0.39, 0.29) is 25.0 Å². The Morgan fingerprint density at radius 1 is 0.947 bits per heavy atom. The minimum Gasteiger partial charge on any atom is -0.497 e. The monoisotopic (exact) mass is 580 g/mol. The van der Waals surface area contributed by atoms with E-state index in [1.807, 2.05) is 72.8 Å². The van der Waals surface area contributed by atoms with Crippen molar-refractivity contribution >= 4 is 27.7 Å². The molecule has 0 bridgehead atoms.